The van der Waals surface area contributed by atoms with Crippen LogP contribution >= 0.6 is 0 Å². The molecular formula is C10H19NO. The summed E-state index contributed by atoms with van der Waals surface area (Å²) in [7, 11) is 0. The average Bonchev–Trinajstić information content (AvgIpc) is 2.18. The van der Waals surface area contributed by atoms with Crippen molar-refractivity contribution in [1.29, 1.82) is 0 Å². The van der Waals surface area contributed by atoms with Gasteiger partial charge in [-0.3, -0.25) is 4.90 Å². The van der Waals surface area contributed by atoms with E-state index in [0.717, 1.165) is 19.8 Å². The van der Waals surface area contributed by atoms with Crippen molar-refractivity contribution in [2.45, 2.75) is 38.1 Å². The number of rotatable bonds is 1. The van der Waals surface area contributed by atoms with Crippen LogP contribution in [-0.2, 0) is 4.74 Å². The Labute approximate surface area is 74.9 Å². The molecule has 2 heteroatoms. The van der Waals surface area contributed by atoms with Gasteiger partial charge in [-0.25, -0.2) is 0 Å². The highest BCUT2D eigenvalue weighted by Crippen LogP contribution is 2.33. The minimum absolute atomic E-state index is 0.427. The molecule has 2 aliphatic rings. The molecular weight excluding hydrogens is 150 g/mol. The fraction of sp³-hybridized carbons (Fsp3) is 1.00. The zero-order valence-corrected chi connectivity index (χ0v) is 8.01. The molecule has 0 aromatic rings. The van der Waals surface area contributed by atoms with E-state index in [1.807, 2.05) is 0 Å². The second-order valence-electron chi connectivity index (χ2n) is 4.07. The van der Waals surface area contributed by atoms with E-state index < -0.39 is 0 Å². The second kappa shape index (κ2) is 3.35. The van der Waals surface area contributed by atoms with Crippen LogP contribution in [0.15, 0.2) is 0 Å². The molecule has 2 nitrogen and oxygen atoms in total. The molecule has 0 N–H and O–H groups in total. The summed E-state index contributed by atoms with van der Waals surface area (Å²) in [6.45, 7) is 6.68. The molecule has 2 saturated heterocycles. The molecule has 2 fully saturated rings. The van der Waals surface area contributed by atoms with Gasteiger partial charge in [-0.1, -0.05) is 13.3 Å². The molecule has 0 aliphatic carbocycles. The summed E-state index contributed by atoms with van der Waals surface area (Å²) in [5.41, 5.74) is 0.427. The lowest BCUT2D eigenvalue weighted by atomic mass is 9.84. The number of piperidine rings is 1. The van der Waals surface area contributed by atoms with Gasteiger partial charge in [0.15, 0.2) is 0 Å². The number of hydrogen-bond donors (Lipinski definition) is 0. The third kappa shape index (κ3) is 1.27. The van der Waals surface area contributed by atoms with Gasteiger partial charge in [0.25, 0.3) is 0 Å². The summed E-state index contributed by atoms with van der Waals surface area (Å²) in [4.78, 5) is 2.65. The van der Waals surface area contributed by atoms with E-state index >= 15 is 0 Å². The molecule has 1 atom stereocenters. The Balaban J connectivity index is 2.10. The van der Waals surface area contributed by atoms with E-state index in [0.29, 0.717) is 5.54 Å². The quantitative estimate of drug-likeness (QED) is 0.592. The first kappa shape index (κ1) is 8.52. The van der Waals surface area contributed by atoms with Gasteiger partial charge in [0.1, 0.15) is 0 Å². The zero-order chi connectivity index (χ0) is 8.44. The van der Waals surface area contributed by atoms with E-state index in [4.69, 9.17) is 4.74 Å². The van der Waals surface area contributed by atoms with Gasteiger partial charge in [0, 0.05) is 12.1 Å². The maximum atomic E-state index is 5.59. The normalized spacial score (nSPS) is 37.8. The van der Waals surface area contributed by atoms with Gasteiger partial charge < -0.3 is 4.74 Å². The highest BCUT2D eigenvalue weighted by atomic mass is 16.5. The third-order valence-electron chi connectivity index (χ3n) is 3.53. The Morgan fingerprint density at radius 2 is 2.25 bits per heavy atom. The van der Waals surface area contributed by atoms with Gasteiger partial charge >= 0.3 is 0 Å². The minimum atomic E-state index is 0.427. The van der Waals surface area contributed by atoms with E-state index in [9.17, 15) is 0 Å². The van der Waals surface area contributed by atoms with Crippen LogP contribution in [0.2, 0.25) is 0 Å². The Bertz CT molecular complexity index is 146. The van der Waals surface area contributed by atoms with Crippen LogP contribution in [0.5, 0.6) is 0 Å². The standard InChI is InChI=1S/C10H19NO/c1-2-10-5-3-4-6-11(10)7-8-12-9-10/h2-9H2,1H3. The zero-order valence-electron chi connectivity index (χ0n) is 8.01. The molecule has 0 aromatic carbocycles. The number of hydrogen-bond acceptors (Lipinski definition) is 2. The molecule has 1 unspecified atom stereocenters. The van der Waals surface area contributed by atoms with E-state index in [2.05, 4.69) is 11.8 Å². The predicted octanol–water partition coefficient (Wildman–Crippen LogP) is 1.65. The van der Waals surface area contributed by atoms with E-state index in [1.165, 1.54) is 32.2 Å². The highest BCUT2D eigenvalue weighted by molar-refractivity contribution is 4.94. The van der Waals surface area contributed by atoms with Gasteiger partial charge in [-0.2, -0.15) is 0 Å². The van der Waals surface area contributed by atoms with Crippen molar-refractivity contribution >= 4 is 0 Å². The number of fused-ring (bicyclic) bond motifs is 1. The molecule has 0 radical (unpaired) electrons. The van der Waals surface area contributed by atoms with Crippen LogP contribution in [0, 0.1) is 0 Å². The van der Waals surface area contributed by atoms with Crippen molar-refractivity contribution < 1.29 is 4.74 Å². The van der Waals surface area contributed by atoms with Gasteiger partial charge in [0.2, 0.25) is 0 Å². The Morgan fingerprint density at radius 1 is 1.33 bits per heavy atom. The lowest BCUT2D eigenvalue weighted by Gasteiger charge is -2.49. The molecule has 12 heavy (non-hydrogen) atoms. The van der Waals surface area contributed by atoms with Crippen molar-refractivity contribution in [3.05, 3.63) is 0 Å². The highest BCUT2D eigenvalue weighted by Gasteiger charge is 2.39. The van der Waals surface area contributed by atoms with Crippen molar-refractivity contribution in [3.8, 4) is 0 Å². The maximum Gasteiger partial charge on any atom is 0.0650 e. The summed E-state index contributed by atoms with van der Waals surface area (Å²) in [5, 5.41) is 0. The molecule has 2 heterocycles. The SMILES string of the molecule is CCC12CCCCN1CCOC2. The summed E-state index contributed by atoms with van der Waals surface area (Å²) in [6.07, 6.45) is 5.39. The number of morpholine rings is 1. The Kier molecular flexibility index (Phi) is 2.37. The molecule has 0 bridgehead atoms. The lowest BCUT2D eigenvalue weighted by Crippen LogP contribution is -2.58. The third-order valence-corrected chi connectivity index (χ3v) is 3.53. The molecule has 0 saturated carbocycles. The largest absolute Gasteiger partial charge is 0.378 e. The molecule has 2 rings (SSSR count). The smallest absolute Gasteiger partial charge is 0.0650 e. The molecule has 0 aromatic heterocycles. The van der Waals surface area contributed by atoms with Crippen molar-refractivity contribution in [3.63, 3.8) is 0 Å². The van der Waals surface area contributed by atoms with Crippen molar-refractivity contribution in [2.75, 3.05) is 26.3 Å². The minimum Gasteiger partial charge on any atom is -0.378 e. The van der Waals surface area contributed by atoms with Crippen LogP contribution in [0.25, 0.3) is 0 Å². The van der Waals surface area contributed by atoms with Crippen molar-refractivity contribution in [2.24, 2.45) is 0 Å². The first-order valence-electron chi connectivity index (χ1n) is 5.20. The predicted molar refractivity (Wildman–Crippen MR) is 49.3 cm³/mol. The van der Waals surface area contributed by atoms with Crippen LogP contribution < -0.4 is 0 Å². The van der Waals surface area contributed by atoms with Gasteiger partial charge in [0.05, 0.1) is 13.2 Å². The number of nitrogens with zero attached hydrogens (tertiary/aromatic N) is 1. The van der Waals surface area contributed by atoms with Crippen LogP contribution in [0.4, 0.5) is 0 Å². The fourth-order valence-electron chi connectivity index (χ4n) is 2.60. The van der Waals surface area contributed by atoms with Gasteiger partial charge in [-0.15, -0.1) is 0 Å². The topological polar surface area (TPSA) is 12.5 Å². The lowest BCUT2D eigenvalue weighted by molar-refractivity contribution is -0.0888. The molecule has 70 valence electrons. The summed E-state index contributed by atoms with van der Waals surface area (Å²) in [5.74, 6) is 0. The first-order valence-corrected chi connectivity index (χ1v) is 5.20. The summed E-state index contributed by atoms with van der Waals surface area (Å²) in [6, 6.07) is 0. The fourth-order valence-corrected chi connectivity index (χ4v) is 2.60. The second-order valence-corrected chi connectivity index (χ2v) is 4.07. The molecule has 0 spiro atoms. The number of ether oxygens (including phenoxy) is 1. The van der Waals surface area contributed by atoms with Crippen LogP contribution in [0.1, 0.15) is 32.6 Å². The van der Waals surface area contributed by atoms with Crippen LogP contribution in [0.3, 0.4) is 0 Å². The first-order chi connectivity index (χ1) is 5.87. The van der Waals surface area contributed by atoms with Crippen molar-refractivity contribution in [1.82, 2.24) is 4.90 Å². The molecule has 0 amide bonds. The summed E-state index contributed by atoms with van der Waals surface area (Å²) < 4.78 is 5.59. The monoisotopic (exact) mass is 169 g/mol. The Morgan fingerprint density at radius 3 is 3.00 bits per heavy atom. The summed E-state index contributed by atoms with van der Waals surface area (Å²) >= 11 is 0. The average molecular weight is 169 g/mol. The van der Waals surface area contributed by atoms with Crippen LogP contribution in [-0.4, -0.2) is 36.7 Å². The molecule has 2 aliphatic heterocycles. The Hall–Kier alpha value is -0.0800. The van der Waals surface area contributed by atoms with Gasteiger partial charge in [-0.05, 0) is 25.8 Å². The van der Waals surface area contributed by atoms with E-state index in [1.54, 1.807) is 0 Å². The van der Waals surface area contributed by atoms with E-state index in [-0.39, 0.29) is 0 Å². The maximum absolute atomic E-state index is 5.59.